The minimum Gasteiger partial charge on any atom is -0.458 e. The number of anilines is 2. The Labute approximate surface area is 174 Å². The summed E-state index contributed by atoms with van der Waals surface area (Å²) < 4.78 is 5.45. The van der Waals surface area contributed by atoms with Crippen molar-refractivity contribution >= 4 is 39.9 Å². The molecule has 0 aliphatic heterocycles. The van der Waals surface area contributed by atoms with Crippen molar-refractivity contribution in [3.05, 3.63) is 41.4 Å². The van der Waals surface area contributed by atoms with Gasteiger partial charge >= 0.3 is 5.97 Å². The average molecular weight is 416 g/mol. The molecule has 1 N–H and O–H groups in total. The molecule has 0 spiro atoms. The fourth-order valence-electron chi connectivity index (χ4n) is 3.58. The Kier molecular flexibility index (Phi) is 6.98. The molecule has 2 aromatic rings. The molecule has 3 rings (SSSR count). The first-order valence-corrected chi connectivity index (χ1v) is 10.6. The summed E-state index contributed by atoms with van der Waals surface area (Å²) in [6.45, 7) is 2.88. The summed E-state index contributed by atoms with van der Waals surface area (Å²) in [6, 6.07) is 8.64. The van der Waals surface area contributed by atoms with Gasteiger partial charge in [0.2, 0.25) is 11.8 Å². The molecular formula is C21H25N3O4S. The van der Waals surface area contributed by atoms with Crippen LogP contribution in [0.4, 0.5) is 10.8 Å². The topological polar surface area (TPSA) is 88.6 Å². The standard InChI is InChI=1S/C21H25N3O4S/c1-14(25)22-19(16-8-6-7-9-16)20(27)28-12-17-13-29-21(23-17)24(15(2)26)18-10-4-3-5-11-18/h3-5,10-11,13,16,19H,6-9,12H2,1-2H3,(H,22,25)/t19-/m1/s1. The zero-order valence-electron chi connectivity index (χ0n) is 16.6. The minimum atomic E-state index is -0.619. The van der Waals surface area contributed by atoms with Crippen LogP contribution in [0.1, 0.15) is 45.2 Å². The molecule has 7 nitrogen and oxygen atoms in total. The van der Waals surface area contributed by atoms with Crippen molar-refractivity contribution in [2.45, 2.75) is 52.2 Å². The van der Waals surface area contributed by atoms with Crippen molar-refractivity contribution in [1.82, 2.24) is 10.3 Å². The Morgan fingerprint density at radius 3 is 2.52 bits per heavy atom. The van der Waals surface area contributed by atoms with Gasteiger partial charge in [-0.2, -0.15) is 0 Å². The predicted octanol–water partition coefficient (Wildman–Crippen LogP) is 3.57. The first-order valence-electron chi connectivity index (χ1n) is 9.69. The lowest BCUT2D eigenvalue weighted by Crippen LogP contribution is -2.45. The van der Waals surface area contributed by atoms with Crippen LogP contribution in [-0.4, -0.2) is 28.8 Å². The van der Waals surface area contributed by atoms with Crippen LogP contribution in [0.3, 0.4) is 0 Å². The van der Waals surface area contributed by atoms with Crippen LogP contribution in [0.2, 0.25) is 0 Å². The smallest absolute Gasteiger partial charge is 0.329 e. The van der Waals surface area contributed by atoms with Gasteiger partial charge in [0.1, 0.15) is 12.6 Å². The molecule has 0 unspecified atom stereocenters. The number of ether oxygens (including phenoxy) is 1. The number of thiazole rings is 1. The zero-order valence-corrected chi connectivity index (χ0v) is 17.4. The predicted molar refractivity (Wildman–Crippen MR) is 111 cm³/mol. The number of hydrogen-bond donors (Lipinski definition) is 1. The molecule has 154 valence electrons. The number of benzene rings is 1. The summed E-state index contributed by atoms with van der Waals surface area (Å²) in [7, 11) is 0. The Balaban J connectivity index is 1.66. The monoisotopic (exact) mass is 415 g/mol. The molecule has 0 radical (unpaired) electrons. The number of carbonyl (C=O) groups is 3. The molecular weight excluding hydrogens is 390 g/mol. The van der Waals surface area contributed by atoms with E-state index in [1.54, 1.807) is 5.38 Å². The molecule has 1 aromatic carbocycles. The number of amides is 2. The fraction of sp³-hybridized carbons (Fsp3) is 0.429. The fourth-order valence-corrected chi connectivity index (χ4v) is 4.45. The van der Waals surface area contributed by atoms with Gasteiger partial charge in [-0.1, -0.05) is 31.0 Å². The van der Waals surface area contributed by atoms with Crippen LogP contribution in [0.5, 0.6) is 0 Å². The van der Waals surface area contributed by atoms with Crippen molar-refractivity contribution in [3.8, 4) is 0 Å². The molecule has 29 heavy (non-hydrogen) atoms. The van der Waals surface area contributed by atoms with E-state index in [1.807, 2.05) is 30.3 Å². The van der Waals surface area contributed by atoms with Crippen molar-refractivity contribution in [3.63, 3.8) is 0 Å². The van der Waals surface area contributed by atoms with Gasteiger partial charge in [-0.25, -0.2) is 9.78 Å². The molecule has 1 saturated carbocycles. The lowest BCUT2D eigenvalue weighted by Gasteiger charge is -2.22. The lowest BCUT2D eigenvalue weighted by atomic mass is 9.98. The van der Waals surface area contributed by atoms with E-state index in [2.05, 4.69) is 10.3 Å². The highest BCUT2D eigenvalue weighted by Gasteiger charge is 2.32. The first kappa shape index (κ1) is 21.0. The molecule has 2 amide bonds. The number of esters is 1. The van der Waals surface area contributed by atoms with E-state index in [0.29, 0.717) is 10.8 Å². The second kappa shape index (κ2) is 9.65. The number of rotatable bonds is 7. The van der Waals surface area contributed by atoms with Gasteiger partial charge in [0, 0.05) is 19.2 Å². The van der Waals surface area contributed by atoms with Gasteiger partial charge in [-0.15, -0.1) is 11.3 Å². The van der Waals surface area contributed by atoms with Crippen molar-refractivity contribution in [1.29, 1.82) is 0 Å². The SMILES string of the molecule is CC(=O)N[C@@H](C(=O)OCc1csc(N(C(C)=O)c2ccccc2)n1)C1CCCC1. The highest BCUT2D eigenvalue weighted by Crippen LogP contribution is 2.30. The van der Waals surface area contributed by atoms with E-state index in [9.17, 15) is 14.4 Å². The number of hydrogen-bond acceptors (Lipinski definition) is 6. The molecule has 1 aromatic heterocycles. The van der Waals surface area contributed by atoms with Gasteiger partial charge in [0.05, 0.1) is 11.4 Å². The maximum absolute atomic E-state index is 12.6. The van der Waals surface area contributed by atoms with Crippen LogP contribution >= 0.6 is 11.3 Å². The number of nitrogens with zero attached hydrogens (tertiary/aromatic N) is 2. The summed E-state index contributed by atoms with van der Waals surface area (Å²) in [6.07, 6.45) is 3.94. The quantitative estimate of drug-likeness (QED) is 0.699. The summed E-state index contributed by atoms with van der Waals surface area (Å²) in [5.74, 6) is -0.715. The van der Waals surface area contributed by atoms with E-state index in [0.717, 1.165) is 31.4 Å². The van der Waals surface area contributed by atoms with Crippen LogP contribution in [0, 0.1) is 5.92 Å². The van der Waals surface area contributed by atoms with Crippen LogP contribution in [-0.2, 0) is 25.7 Å². The number of carbonyl (C=O) groups excluding carboxylic acids is 3. The summed E-state index contributed by atoms with van der Waals surface area (Å²) in [5.41, 5.74) is 1.29. The third-order valence-electron chi connectivity index (χ3n) is 4.91. The highest BCUT2D eigenvalue weighted by atomic mass is 32.1. The van der Waals surface area contributed by atoms with Crippen molar-refractivity contribution in [2.75, 3.05) is 4.90 Å². The molecule has 1 aliphatic rings. The molecule has 1 fully saturated rings. The third kappa shape index (κ3) is 5.41. The molecule has 0 saturated heterocycles. The molecule has 8 heteroatoms. The Morgan fingerprint density at radius 2 is 1.90 bits per heavy atom. The summed E-state index contributed by atoms with van der Waals surface area (Å²) in [4.78, 5) is 42.2. The molecule has 0 bridgehead atoms. The first-order chi connectivity index (χ1) is 14.0. The van der Waals surface area contributed by atoms with Gasteiger partial charge < -0.3 is 10.1 Å². The second-order valence-corrected chi connectivity index (χ2v) is 7.98. The number of nitrogens with one attached hydrogen (secondary N) is 1. The van der Waals surface area contributed by atoms with E-state index >= 15 is 0 Å². The zero-order chi connectivity index (χ0) is 20.8. The van der Waals surface area contributed by atoms with Crippen LogP contribution < -0.4 is 10.2 Å². The van der Waals surface area contributed by atoms with Crippen molar-refractivity contribution in [2.24, 2.45) is 5.92 Å². The maximum Gasteiger partial charge on any atom is 0.329 e. The van der Waals surface area contributed by atoms with E-state index in [4.69, 9.17) is 4.74 Å². The van der Waals surface area contributed by atoms with Gasteiger partial charge in [0.15, 0.2) is 5.13 Å². The Bertz CT molecular complexity index is 862. The Hall–Kier alpha value is -2.74. The molecule has 1 heterocycles. The average Bonchev–Trinajstić information content (AvgIpc) is 3.37. The maximum atomic E-state index is 12.6. The number of aromatic nitrogens is 1. The van der Waals surface area contributed by atoms with E-state index < -0.39 is 12.0 Å². The minimum absolute atomic E-state index is 0.00132. The molecule has 1 aliphatic carbocycles. The Morgan fingerprint density at radius 1 is 1.21 bits per heavy atom. The summed E-state index contributed by atoms with van der Waals surface area (Å²) >= 11 is 1.31. The number of para-hydroxylation sites is 1. The van der Waals surface area contributed by atoms with Gasteiger partial charge in [-0.05, 0) is 30.9 Å². The second-order valence-electron chi connectivity index (χ2n) is 7.14. The van der Waals surface area contributed by atoms with Crippen molar-refractivity contribution < 1.29 is 19.1 Å². The molecule has 1 atom stereocenters. The van der Waals surface area contributed by atoms with Crippen LogP contribution in [0.15, 0.2) is 35.7 Å². The third-order valence-corrected chi connectivity index (χ3v) is 5.78. The van der Waals surface area contributed by atoms with Gasteiger partial charge in [-0.3, -0.25) is 14.5 Å². The largest absolute Gasteiger partial charge is 0.458 e. The van der Waals surface area contributed by atoms with E-state index in [-0.39, 0.29) is 24.3 Å². The normalized spacial score (nSPS) is 15.0. The highest BCUT2D eigenvalue weighted by molar-refractivity contribution is 7.14. The lowest BCUT2D eigenvalue weighted by molar-refractivity contribution is -0.150. The van der Waals surface area contributed by atoms with Crippen LogP contribution in [0.25, 0.3) is 0 Å². The summed E-state index contributed by atoms with van der Waals surface area (Å²) in [5, 5.41) is 5.02. The van der Waals surface area contributed by atoms with Gasteiger partial charge in [0.25, 0.3) is 0 Å². The van der Waals surface area contributed by atoms with E-state index in [1.165, 1.54) is 30.1 Å².